The van der Waals surface area contributed by atoms with E-state index in [1.807, 2.05) is 18.0 Å². The van der Waals surface area contributed by atoms with Crippen molar-refractivity contribution in [3.63, 3.8) is 0 Å². The molecule has 0 saturated heterocycles. The lowest BCUT2D eigenvalue weighted by Crippen LogP contribution is -2.58. The highest BCUT2D eigenvalue weighted by Crippen LogP contribution is 2.30. The molecule has 1 saturated carbocycles. The smallest absolute Gasteiger partial charge is 0.242 e. The first-order chi connectivity index (χ1) is 9.12. The molecule has 3 heteroatoms. The van der Waals surface area contributed by atoms with Crippen molar-refractivity contribution < 1.29 is 4.79 Å². The number of carbonyl (C=O) groups is 1. The van der Waals surface area contributed by atoms with Crippen molar-refractivity contribution in [3.05, 3.63) is 35.9 Å². The van der Waals surface area contributed by atoms with Crippen LogP contribution in [0.1, 0.15) is 37.7 Å². The molecule has 1 fully saturated rings. The molecule has 1 aromatic rings. The Morgan fingerprint density at radius 2 is 1.95 bits per heavy atom. The zero-order valence-electron chi connectivity index (χ0n) is 11.8. The lowest BCUT2D eigenvalue weighted by molar-refractivity contribution is -0.138. The highest BCUT2D eigenvalue weighted by atomic mass is 16.2. The Kier molecular flexibility index (Phi) is 4.59. The van der Waals surface area contributed by atoms with Crippen molar-refractivity contribution in [2.75, 3.05) is 13.6 Å². The van der Waals surface area contributed by atoms with Crippen molar-refractivity contribution in [1.29, 1.82) is 0 Å². The number of benzene rings is 1. The third kappa shape index (κ3) is 3.57. The van der Waals surface area contributed by atoms with Gasteiger partial charge in [-0.1, -0.05) is 30.3 Å². The van der Waals surface area contributed by atoms with Gasteiger partial charge in [0.05, 0.1) is 5.54 Å². The topological polar surface area (TPSA) is 46.3 Å². The summed E-state index contributed by atoms with van der Waals surface area (Å²) < 4.78 is 0. The summed E-state index contributed by atoms with van der Waals surface area (Å²) in [6.45, 7) is 0.810. The molecule has 3 nitrogen and oxygen atoms in total. The minimum atomic E-state index is -0.547. The molecule has 0 radical (unpaired) electrons. The van der Waals surface area contributed by atoms with Crippen LogP contribution in [0.4, 0.5) is 0 Å². The van der Waals surface area contributed by atoms with Gasteiger partial charge < -0.3 is 10.6 Å². The minimum absolute atomic E-state index is 0.124. The number of unbranched alkanes of at least 4 members (excludes halogenated alkanes) is 1. The predicted octanol–water partition coefficient (Wildman–Crippen LogP) is 2.35. The van der Waals surface area contributed by atoms with E-state index in [0.29, 0.717) is 0 Å². The van der Waals surface area contributed by atoms with Gasteiger partial charge in [0.15, 0.2) is 0 Å². The number of likely N-dealkylation sites (N-methyl/N-ethyl adjacent to an activating group) is 1. The number of amides is 1. The molecule has 0 aliphatic heterocycles. The monoisotopic (exact) mass is 260 g/mol. The van der Waals surface area contributed by atoms with Gasteiger partial charge in [-0.3, -0.25) is 4.79 Å². The number of nitrogens with two attached hydrogens (primary N) is 1. The van der Waals surface area contributed by atoms with Crippen molar-refractivity contribution in [2.45, 2.75) is 44.1 Å². The summed E-state index contributed by atoms with van der Waals surface area (Å²) in [6, 6.07) is 10.5. The van der Waals surface area contributed by atoms with Crippen LogP contribution in [0.5, 0.6) is 0 Å². The molecule has 0 atom stereocenters. The zero-order valence-corrected chi connectivity index (χ0v) is 11.8. The fraction of sp³-hybridized carbons (Fsp3) is 0.562. The number of rotatable bonds is 6. The maximum absolute atomic E-state index is 12.1. The third-order valence-corrected chi connectivity index (χ3v) is 4.07. The molecule has 0 heterocycles. The summed E-state index contributed by atoms with van der Waals surface area (Å²) >= 11 is 0. The Hall–Kier alpha value is -1.35. The van der Waals surface area contributed by atoms with E-state index < -0.39 is 5.54 Å². The van der Waals surface area contributed by atoms with E-state index in [1.54, 1.807) is 0 Å². The second kappa shape index (κ2) is 6.20. The van der Waals surface area contributed by atoms with Crippen LogP contribution in [0.2, 0.25) is 0 Å². The van der Waals surface area contributed by atoms with Gasteiger partial charge in [0, 0.05) is 13.6 Å². The maximum atomic E-state index is 12.1. The second-order valence-corrected chi connectivity index (χ2v) is 5.68. The summed E-state index contributed by atoms with van der Waals surface area (Å²) in [4.78, 5) is 13.9. The Morgan fingerprint density at radius 3 is 2.53 bits per heavy atom. The first-order valence-corrected chi connectivity index (χ1v) is 7.20. The first kappa shape index (κ1) is 14.1. The third-order valence-electron chi connectivity index (χ3n) is 4.07. The van der Waals surface area contributed by atoms with E-state index in [-0.39, 0.29) is 5.91 Å². The number of carbonyl (C=O) groups excluding carboxylic acids is 1. The molecule has 1 aliphatic rings. The van der Waals surface area contributed by atoms with Gasteiger partial charge in [0.2, 0.25) is 5.91 Å². The van der Waals surface area contributed by atoms with Crippen LogP contribution < -0.4 is 5.73 Å². The molecule has 1 aromatic carbocycles. The second-order valence-electron chi connectivity index (χ2n) is 5.68. The van der Waals surface area contributed by atoms with E-state index in [4.69, 9.17) is 5.73 Å². The lowest BCUT2D eigenvalue weighted by atomic mass is 9.76. The molecule has 1 amide bonds. The van der Waals surface area contributed by atoms with Crippen LogP contribution in [0.3, 0.4) is 0 Å². The molecule has 2 N–H and O–H groups in total. The van der Waals surface area contributed by atoms with Crippen LogP contribution >= 0.6 is 0 Å². The standard InChI is InChI=1S/C16H24N2O/c1-18(15(19)16(17)11-7-12-16)13-6-5-10-14-8-3-2-4-9-14/h2-4,8-9H,5-7,10-13,17H2,1H3. The number of nitrogens with zero attached hydrogens (tertiary/aromatic N) is 1. The molecule has 104 valence electrons. The van der Waals surface area contributed by atoms with Crippen LogP contribution in [0, 0.1) is 0 Å². The minimum Gasteiger partial charge on any atom is -0.344 e. The highest BCUT2D eigenvalue weighted by Gasteiger charge is 2.41. The van der Waals surface area contributed by atoms with Gasteiger partial charge in [0.25, 0.3) is 0 Å². The number of aryl methyl sites for hydroxylation is 1. The van der Waals surface area contributed by atoms with E-state index in [1.165, 1.54) is 5.56 Å². The Balaban J connectivity index is 1.67. The molecular weight excluding hydrogens is 236 g/mol. The van der Waals surface area contributed by atoms with Crippen molar-refractivity contribution in [3.8, 4) is 0 Å². The first-order valence-electron chi connectivity index (χ1n) is 7.20. The molecule has 2 rings (SSSR count). The average molecular weight is 260 g/mol. The van der Waals surface area contributed by atoms with Crippen LogP contribution in [-0.4, -0.2) is 29.9 Å². The summed E-state index contributed by atoms with van der Waals surface area (Å²) in [6.07, 6.45) is 6.01. The van der Waals surface area contributed by atoms with Crippen molar-refractivity contribution in [1.82, 2.24) is 4.90 Å². The van der Waals surface area contributed by atoms with Crippen LogP contribution in [-0.2, 0) is 11.2 Å². The fourth-order valence-electron chi connectivity index (χ4n) is 2.58. The fourth-order valence-corrected chi connectivity index (χ4v) is 2.58. The van der Waals surface area contributed by atoms with E-state index in [2.05, 4.69) is 24.3 Å². The van der Waals surface area contributed by atoms with Crippen molar-refractivity contribution >= 4 is 5.91 Å². The maximum Gasteiger partial charge on any atom is 0.242 e. The summed E-state index contributed by atoms with van der Waals surface area (Å²) in [5.74, 6) is 0.124. The van der Waals surface area contributed by atoms with Gasteiger partial charge in [-0.05, 0) is 44.1 Å². The van der Waals surface area contributed by atoms with Gasteiger partial charge in [-0.25, -0.2) is 0 Å². The SMILES string of the molecule is CN(CCCCc1ccccc1)C(=O)C1(N)CCC1. The van der Waals surface area contributed by atoms with Gasteiger partial charge in [-0.15, -0.1) is 0 Å². The summed E-state index contributed by atoms with van der Waals surface area (Å²) in [7, 11) is 1.87. The van der Waals surface area contributed by atoms with Gasteiger partial charge in [-0.2, -0.15) is 0 Å². The predicted molar refractivity (Wildman–Crippen MR) is 77.8 cm³/mol. The zero-order chi connectivity index (χ0) is 13.7. The Bertz CT molecular complexity index is 412. The van der Waals surface area contributed by atoms with E-state index >= 15 is 0 Å². The van der Waals surface area contributed by atoms with E-state index in [9.17, 15) is 4.79 Å². The normalized spacial score (nSPS) is 16.7. The molecule has 0 spiro atoms. The van der Waals surface area contributed by atoms with E-state index in [0.717, 1.165) is 45.1 Å². The molecule has 19 heavy (non-hydrogen) atoms. The van der Waals surface area contributed by atoms with Crippen LogP contribution in [0.15, 0.2) is 30.3 Å². The molecule has 0 bridgehead atoms. The average Bonchev–Trinajstić information content (AvgIpc) is 2.41. The van der Waals surface area contributed by atoms with Gasteiger partial charge in [0.1, 0.15) is 0 Å². The highest BCUT2D eigenvalue weighted by molar-refractivity contribution is 5.86. The molecule has 0 unspecified atom stereocenters. The van der Waals surface area contributed by atoms with Crippen molar-refractivity contribution in [2.24, 2.45) is 5.73 Å². The van der Waals surface area contributed by atoms with Crippen LogP contribution in [0.25, 0.3) is 0 Å². The largest absolute Gasteiger partial charge is 0.344 e. The lowest BCUT2D eigenvalue weighted by Gasteiger charge is -2.39. The Morgan fingerprint density at radius 1 is 1.26 bits per heavy atom. The summed E-state index contributed by atoms with van der Waals surface area (Å²) in [5.41, 5.74) is 6.87. The van der Waals surface area contributed by atoms with Gasteiger partial charge >= 0.3 is 0 Å². The molecule has 0 aromatic heterocycles. The quantitative estimate of drug-likeness (QED) is 0.798. The number of hydrogen-bond donors (Lipinski definition) is 1. The Labute approximate surface area is 115 Å². The summed E-state index contributed by atoms with van der Waals surface area (Å²) in [5, 5.41) is 0. The molecule has 1 aliphatic carbocycles. The molecular formula is C16H24N2O. The number of hydrogen-bond acceptors (Lipinski definition) is 2.